The lowest BCUT2D eigenvalue weighted by atomic mass is 10.2. The van der Waals surface area contributed by atoms with E-state index in [4.69, 9.17) is 4.74 Å². The van der Waals surface area contributed by atoms with Crippen molar-refractivity contribution in [3.8, 4) is 0 Å². The third-order valence-electron chi connectivity index (χ3n) is 2.37. The highest BCUT2D eigenvalue weighted by Crippen LogP contribution is 2.18. The molecule has 0 bridgehead atoms. The smallest absolute Gasteiger partial charge is 0.326 e. The Hall–Kier alpha value is -1.41. The van der Waals surface area contributed by atoms with Crippen LogP contribution in [0.3, 0.4) is 0 Å². The number of hydrogen-bond acceptors (Lipinski definition) is 3. The quantitative estimate of drug-likeness (QED) is 0.469. The first kappa shape index (κ1) is 13.0. The number of nitrogens with zero attached hydrogens (tertiary/aromatic N) is 2. The molecule has 18 heavy (non-hydrogen) atoms. The second-order valence-corrected chi connectivity index (χ2v) is 4.95. The Labute approximate surface area is 118 Å². The lowest BCUT2D eigenvalue weighted by Crippen LogP contribution is -2.05. The zero-order valence-corrected chi connectivity index (χ0v) is 11.6. The van der Waals surface area contributed by atoms with E-state index in [1.807, 2.05) is 52.9 Å². The van der Waals surface area contributed by atoms with Crippen LogP contribution in [0.5, 0.6) is 0 Å². The Kier molecular flexibility index (Phi) is 4.32. The summed E-state index contributed by atoms with van der Waals surface area (Å²) >= 11 is 2.04. The largest absolute Gasteiger partial charge is 0.358 e. The van der Waals surface area contributed by atoms with E-state index < -0.39 is 4.92 Å². The second-order valence-electron chi connectivity index (χ2n) is 3.71. The summed E-state index contributed by atoms with van der Waals surface area (Å²) in [6.07, 6.45) is 1.70. The molecule has 0 aliphatic carbocycles. The SMILES string of the molecule is O=[N+]([O-])c1cc(I)cn1COCc1ccccc1. The zero-order chi connectivity index (χ0) is 13.0. The fourth-order valence-electron chi connectivity index (χ4n) is 1.56. The molecule has 0 saturated carbocycles. The summed E-state index contributed by atoms with van der Waals surface area (Å²) in [4.78, 5) is 10.4. The van der Waals surface area contributed by atoms with E-state index in [0.29, 0.717) is 6.61 Å². The van der Waals surface area contributed by atoms with Crippen molar-refractivity contribution in [3.05, 3.63) is 61.8 Å². The summed E-state index contributed by atoms with van der Waals surface area (Å²) in [6, 6.07) is 11.2. The van der Waals surface area contributed by atoms with Crippen LogP contribution >= 0.6 is 22.6 Å². The van der Waals surface area contributed by atoms with Gasteiger partial charge in [0.2, 0.25) is 0 Å². The molecule has 94 valence electrons. The van der Waals surface area contributed by atoms with Crippen LogP contribution in [0.4, 0.5) is 5.82 Å². The molecule has 1 aromatic carbocycles. The molecular formula is C12H11IN2O3. The first-order valence-corrected chi connectivity index (χ1v) is 6.36. The number of rotatable bonds is 5. The van der Waals surface area contributed by atoms with Crippen LogP contribution in [-0.4, -0.2) is 9.49 Å². The molecule has 0 unspecified atom stereocenters. The predicted octanol–water partition coefficient (Wildman–Crippen LogP) is 3.18. The van der Waals surface area contributed by atoms with Gasteiger partial charge in [-0.3, -0.25) is 0 Å². The van der Waals surface area contributed by atoms with Gasteiger partial charge < -0.3 is 14.9 Å². The van der Waals surface area contributed by atoms with Crippen LogP contribution in [0.15, 0.2) is 42.6 Å². The lowest BCUT2D eigenvalue weighted by molar-refractivity contribution is -0.393. The number of benzene rings is 1. The van der Waals surface area contributed by atoms with E-state index in [9.17, 15) is 10.1 Å². The van der Waals surface area contributed by atoms with Crippen molar-refractivity contribution in [2.75, 3.05) is 0 Å². The molecular weight excluding hydrogens is 347 g/mol. The molecule has 0 radical (unpaired) electrons. The van der Waals surface area contributed by atoms with E-state index >= 15 is 0 Å². The molecule has 0 fully saturated rings. The van der Waals surface area contributed by atoms with Crippen molar-refractivity contribution < 1.29 is 9.66 Å². The molecule has 1 heterocycles. The summed E-state index contributed by atoms with van der Waals surface area (Å²) in [5, 5.41) is 10.8. The van der Waals surface area contributed by atoms with Crippen LogP contribution in [0.1, 0.15) is 5.56 Å². The van der Waals surface area contributed by atoms with Crippen molar-refractivity contribution >= 4 is 28.4 Å². The Balaban J connectivity index is 1.96. The van der Waals surface area contributed by atoms with Crippen LogP contribution in [-0.2, 0) is 18.1 Å². The standard InChI is InChI=1S/C12H11IN2O3/c13-11-6-12(15(16)17)14(7-11)9-18-8-10-4-2-1-3-5-10/h1-7H,8-9H2. The normalized spacial score (nSPS) is 10.5. The average Bonchev–Trinajstić information content (AvgIpc) is 2.72. The topological polar surface area (TPSA) is 57.3 Å². The molecule has 1 aromatic heterocycles. The summed E-state index contributed by atoms with van der Waals surface area (Å²) in [5.74, 6) is 0.0486. The summed E-state index contributed by atoms with van der Waals surface area (Å²) in [7, 11) is 0. The predicted molar refractivity (Wildman–Crippen MR) is 75.0 cm³/mol. The Morgan fingerprint density at radius 3 is 2.72 bits per heavy atom. The minimum atomic E-state index is -0.409. The van der Waals surface area contributed by atoms with Gasteiger partial charge in [-0.1, -0.05) is 30.3 Å². The molecule has 0 saturated heterocycles. The van der Waals surface area contributed by atoms with Crippen molar-refractivity contribution in [1.82, 2.24) is 4.57 Å². The number of aromatic nitrogens is 1. The van der Waals surface area contributed by atoms with E-state index in [0.717, 1.165) is 9.13 Å². The average molecular weight is 358 g/mol. The molecule has 5 nitrogen and oxygen atoms in total. The number of halogens is 1. The Morgan fingerprint density at radius 2 is 2.06 bits per heavy atom. The number of ether oxygens (including phenoxy) is 1. The zero-order valence-electron chi connectivity index (χ0n) is 9.45. The lowest BCUT2D eigenvalue weighted by Gasteiger charge is -2.03. The Morgan fingerprint density at radius 1 is 1.33 bits per heavy atom. The fraction of sp³-hybridized carbons (Fsp3) is 0.167. The van der Waals surface area contributed by atoms with Crippen molar-refractivity contribution in [2.24, 2.45) is 0 Å². The summed E-state index contributed by atoms with van der Waals surface area (Å²) < 4.78 is 7.78. The summed E-state index contributed by atoms with van der Waals surface area (Å²) in [5.41, 5.74) is 1.04. The van der Waals surface area contributed by atoms with Crippen molar-refractivity contribution in [2.45, 2.75) is 13.3 Å². The maximum Gasteiger partial charge on any atom is 0.326 e. The van der Waals surface area contributed by atoms with Crippen molar-refractivity contribution in [3.63, 3.8) is 0 Å². The molecule has 0 aliphatic rings. The highest BCUT2D eigenvalue weighted by Gasteiger charge is 2.14. The number of nitro groups is 1. The highest BCUT2D eigenvalue weighted by atomic mass is 127. The van der Waals surface area contributed by atoms with Gasteiger partial charge in [0.1, 0.15) is 6.20 Å². The molecule has 0 N–H and O–H groups in total. The van der Waals surface area contributed by atoms with Gasteiger partial charge in [0, 0.05) is 6.07 Å². The minimum absolute atomic E-state index is 0.0486. The molecule has 0 amide bonds. The van der Waals surface area contributed by atoms with E-state index in [1.165, 1.54) is 10.6 Å². The van der Waals surface area contributed by atoms with Crippen LogP contribution < -0.4 is 0 Å². The van der Waals surface area contributed by atoms with Gasteiger partial charge in [-0.2, -0.15) is 0 Å². The van der Waals surface area contributed by atoms with Gasteiger partial charge >= 0.3 is 5.82 Å². The van der Waals surface area contributed by atoms with Gasteiger partial charge in [0.25, 0.3) is 0 Å². The Bertz CT molecular complexity index is 540. The van der Waals surface area contributed by atoms with E-state index in [-0.39, 0.29) is 12.5 Å². The van der Waals surface area contributed by atoms with Gasteiger partial charge in [-0.25, -0.2) is 4.57 Å². The number of hydrogen-bond donors (Lipinski definition) is 0. The van der Waals surface area contributed by atoms with Crippen LogP contribution in [0, 0.1) is 13.7 Å². The molecule has 0 atom stereocenters. The highest BCUT2D eigenvalue weighted by molar-refractivity contribution is 14.1. The summed E-state index contributed by atoms with van der Waals surface area (Å²) in [6.45, 7) is 0.612. The van der Waals surface area contributed by atoms with E-state index in [1.54, 1.807) is 6.20 Å². The van der Waals surface area contributed by atoms with Gasteiger partial charge in [-0.15, -0.1) is 0 Å². The maximum absolute atomic E-state index is 10.8. The molecule has 0 spiro atoms. The van der Waals surface area contributed by atoms with Gasteiger partial charge in [-0.05, 0) is 33.1 Å². The first-order chi connectivity index (χ1) is 8.66. The third-order valence-corrected chi connectivity index (χ3v) is 2.96. The van der Waals surface area contributed by atoms with Gasteiger partial charge in [0.05, 0.1) is 10.2 Å². The molecule has 2 rings (SSSR count). The van der Waals surface area contributed by atoms with Crippen LogP contribution in [0.2, 0.25) is 0 Å². The first-order valence-electron chi connectivity index (χ1n) is 5.28. The molecule has 2 aromatic rings. The van der Waals surface area contributed by atoms with Crippen LogP contribution in [0.25, 0.3) is 0 Å². The molecule has 6 heteroatoms. The monoisotopic (exact) mass is 358 g/mol. The van der Waals surface area contributed by atoms with E-state index in [2.05, 4.69) is 0 Å². The maximum atomic E-state index is 10.8. The van der Waals surface area contributed by atoms with Crippen molar-refractivity contribution in [1.29, 1.82) is 0 Å². The minimum Gasteiger partial charge on any atom is -0.358 e. The van der Waals surface area contributed by atoms with Gasteiger partial charge in [0.15, 0.2) is 6.73 Å². The second kappa shape index (κ2) is 5.96. The molecule has 0 aliphatic heterocycles. The fourth-order valence-corrected chi connectivity index (χ4v) is 2.17. The third kappa shape index (κ3) is 3.30.